The van der Waals surface area contributed by atoms with Gasteiger partial charge in [-0.1, -0.05) is 26.7 Å². The number of rotatable bonds is 5. The number of nitrogen functional groups attached to an aromatic ring is 1. The molecule has 0 radical (unpaired) electrons. The molecule has 6 heteroatoms. The van der Waals surface area contributed by atoms with Gasteiger partial charge in [0.1, 0.15) is 18.2 Å². The van der Waals surface area contributed by atoms with Crippen LogP contribution in [0, 0.1) is 11.8 Å². The van der Waals surface area contributed by atoms with Crippen LogP contribution in [0.1, 0.15) is 38.9 Å². The molecule has 0 spiro atoms. The van der Waals surface area contributed by atoms with Gasteiger partial charge in [-0.3, -0.25) is 0 Å². The molecule has 3 atom stereocenters. The Balaban J connectivity index is 2.13. The summed E-state index contributed by atoms with van der Waals surface area (Å²) in [6.45, 7) is 5.00. The number of nitrogens with two attached hydrogens (primary N) is 1. The predicted molar refractivity (Wildman–Crippen MR) is 80.1 cm³/mol. The molecule has 0 amide bonds. The summed E-state index contributed by atoms with van der Waals surface area (Å²) in [5.41, 5.74) is 2.58. The molecule has 0 saturated heterocycles. The van der Waals surface area contributed by atoms with Gasteiger partial charge in [-0.15, -0.1) is 0 Å². The van der Waals surface area contributed by atoms with Crippen molar-refractivity contribution < 1.29 is 4.74 Å². The van der Waals surface area contributed by atoms with Gasteiger partial charge in [0.15, 0.2) is 5.82 Å². The summed E-state index contributed by atoms with van der Waals surface area (Å²) >= 11 is 0. The van der Waals surface area contributed by atoms with E-state index >= 15 is 0 Å². The lowest BCUT2D eigenvalue weighted by molar-refractivity contribution is 0.178. The van der Waals surface area contributed by atoms with Crippen LogP contribution in [0.2, 0.25) is 0 Å². The standard InChI is InChI=1S/C14H25N5O/c1-9-5-4-6-11(10(9)2)16-12-7-13(19-15)18-14(17-12)8-20-3/h7,9-11H,4-6,8,15H2,1-3H3,(H2,16,17,18,19). The summed E-state index contributed by atoms with van der Waals surface area (Å²) in [4.78, 5) is 8.74. The molecule has 20 heavy (non-hydrogen) atoms. The molecule has 2 rings (SSSR count). The Labute approximate surface area is 120 Å². The average Bonchev–Trinajstić information content (AvgIpc) is 2.44. The number of hydrogen-bond donors (Lipinski definition) is 3. The number of nitrogens with zero attached hydrogens (tertiary/aromatic N) is 2. The summed E-state index contributed by atoms with van der Waals surface area (Å²) in [7, 11) is 1.63. The zero-order chi connectivity index (χ0) is 14.5. The zero-order valence-electron chi connectivity index (χ0n) is 12.5. The Bertz CT molecular complexity index is 440. The fraction of sp³-hybridized carbons (Fsp3) is 0.714. The predicted octanol–water partition coefficient (Wildman–Crippen LogP) is 2.15. The molecule has 1 fully saturated rings. The largest absolute Gasteiger partial charge is 0.377 e. The van der Waals surface area contributed by atoms with Crippen molar-refractivity contribution in [2.24, 2.45) is 17.7 Å². The van der Waals surface area contributed by atoms with Crippen molar-refractivity contribution >= 4 is 11.6 Å². The monoisotopic (exact) mass is 279 g/mol. The maximum Gasteiger partial charge on any atom is 0.158 e. The van der Waals surface area contributed by atoms with Crippen LogP contribution in [0.4, 0.5) is 11.6 Å². The van der Waals surface area contributed by atoms with E-state index in [1.807, 2.05) is 6.07 Å². The first-order valence-electron chi connectivity index (χ1n) is 7.24. The molecule has 0 bridgehead atoms. The van der Waals surface area contributed by atoms with E-state index in [0.29, 0.717) is 30.2 Å². The van der Waals surface area contributed by atoms with Gasteiger partial charge in [-0.2, -0.15) is 0 Å². The molecule has 1 aliphatic rings. The van der Waals surface area contributed by atoms with E-state index < -0.39 is 0 Å². The van der Waals surface area contributed by atoms with E-state index in [-0.39, 0.29) is 0 Å². The van der Waals surface area contributed by atoms with Crippen LogP contribution in [-0.4, -0.2) is 23.1 Å². The van der Waals surface area contributed by atoms with Crippen LogP contribution in [0.3, 0.4) is 0 Å². The smallest absolute Gasteiger partial charge is 0.158 e. The molecule has 0 aromatic carbocycles. The minimum Gasteiger partial charge on any atom is -0.377 e. The van der Waals surface area contributed by atoms with Gasteiger partial charge in [0.25, 0.3) is 0 Å². The molecule has 1 aliphatic carbocycles. The summed E-state index contributed by atoms with van der Waals surface area (Å²) < 4.78 is 5.09. The number of anilines is 2. The van der Waals surface area contributed by atoms with E-state index in [2.05, 4.69) is 34.6 Å². The van der Waals surface area contributed by atoms with Crippen LogP contribution in [0.25, 0.3) is 0 Å². The maximum absolute atomic E-state index is 5.46. The van der Waals surface area contributed by atoms with Crippen LogP contribution in [0.15, 0.2) is 6.07 Å². The molecule has 1 aromatic heterocycles. The Morgan fingerprint density at radius 1 is 1.30 bits per heavy atom. The number of hydrogen-bond acceptors (Lipinski definition) is 6. The Kier molecular flexibility index (Phi) is 5.14. The van der Waals surface area contributed by atoms with Crippen molar-refractivity contribution in [1.82, 2.24) is 9.97 Å². The SMILES string of the molecule is COCc1nc(NN)cc(NC2CCCC(C)C2C)n1. The van der Waals surface area contributed by atoms with Gasteiger partial charge in [-0.25, -0.2) is 15.8 Å². The van der Waals surface area contributed by atoms with Crippen LogP contribution in [-0.2, 0) is 11.3 Å². The fourth-order valence-corrected chi connectivity index (χ4v) is 2.81. The lowest BCUT2D eigenvalue weighted by Crippen LogP contribution is -2.35. The molecule has 1 heterocycles. The first-order valence-corrected chi connectivity index (χ1v) is 7.24. The highest BCUT2D eigenvalue weighted by atomic mass is 16.5. The zero-order valence-corrected chi connectivity index (χ0v) is 12.5. The van der Waals surface area contributed by atoms with Gasteiger partial charge in [0.05, 0.1) is 0 Å². The number of ether oxygens (including phenoxy) is 1. The van der Waals surface area contributed by atoms with E-state index in [1.54, 1.807) is 7.11 Å². The van der Waals surface area contributed by atoms with Gasteiger partial charge in [0.2, 0.25) is 0 Å². The second-order valence-electron chi connectivity index (χ2n) is 5.65. The molecule has 1 saturated carbocycles. The lowest BCUT2D eigenvalue weighted by atomic mass is 9.78. The summed E-state index contributed by atoms with van der Waals surface area (Å²) in [5, 5.41) is 3.53. The number of hydrazine groups is 1. The van der Waals surface area contributed by atoms with E-state index in [1.165, 1.54) is 19.3 Å². The normalized spacial score (nSPS) is 26.3. The number of aromatic nitrogens is 2. The topological polar surface area (TPSA) is 85.1 Å². The minimum atomic E-state index is 0.376. The maximum atomic E-state index is 5.46. The van der Waals surface area contributed by atoms with Crippen molar-refractivity contribution in [1.29, 1.82) is 0 Å². The van der Waals surface area contributed by atoms with Crippen molar-refractivity contribution in [2.45, 2.75) is 45.8 Å². The highest BCUT2D eigenvalue weighted by molar-refractivity contribution is 5.47. The molecule has 112 valence electrons. The third-order valence-corrected chi connectivity index (χ3v) is 4.23. The quantitative estimate of drug-likeness (QED) is 0.565. The third-order valence-electron chi connectivity index (χ3n) is 4.23. The summed E-state index contributed by atoms with van der Waals surface area (Å²) in [6, 6.07) is 2.29. The van der Waals surface area contributed by atoms with Gasteiger partial charge in [0, 0.05) is 19.2 Å². The molecule has 6 nitrogen and oxygen atoms in total. The fourth-order valence-electron chi connectivity index (χ4n) is 2.81. The van der Waals surface area contributed by atoms with Crippen molar-refractivity contribution in [2.75, 3.05) is 17.9 Å². The van der Waals surface area contributed by atoms with Crippen LogP contribution in [0.5, 0.6) is 0 Å². The van der Waals surface area contributed by atoms with E-state index in [0.717, 1.165) is 11.7 Å². The molecule has 0 aliphatic heterocycles. The minimum absolute atomic E-state index is 0.376. The second kappa shape index (κ2) is 6.85. The van der Waals surface area contributed by atoms with Crippen LogP contribution >= 0.6 is 0 Å². The summed E-state index contributed by atoms with van der Waals surface area (Å²) in [5.74, 6) is 8.88. The second-order valence-corrected chi connectivity index (χ2v) is 5.65. The van der Waals surface area contributed by atoms with Gasteiger partial charge >= 0.3 is 0 Å². The highest BCUT2D eigenvalue weighted by Crippen LogP contribution is 2.31. The summed E-state index contributed by atoms with van der Waals surface area (Å²) in [6.07, 6.45) is 3.76. The van der Waals surface area contributed by atoms with E-state index in [9.17, 15) is 0 Å². The molecular formula is C14H25N5O. The number of nitrogens with one attached hydrogen (secondary N) is 2. The first kappa shape index (κ1) is 15.0. The van der Waals surface area contributed by atoms with Crippen molar-refractivity contribution in [3.05, 3.63) is 11.9 Å². The Hall–Kier alpha value is -1.40. The molecular weight excluding hydrogens is 254 g/mol. The van der Waals surface area contributed by atoms with Gasteiger partial charge < -0.3 is 15.5 Å². The number of methoxy groups -OCH3 is 1. The molecule has 1 aromatic rings. The Morgan fingerprint density at radius 2 is 2.05 bits per heavy atom. The van der Waals surface area contributed by atoms with Crippen molar-refractivity contribution in [3.63, 3.8) is 0 Å². The Morgan fingerprint density at radius 3 is 2.75 bits per heavy atom. The van der Waals surface area contributed by atoms with E-state index in [4.69, 9.17) is 10.6 Å². The molecule has 3 unspecified atom stereocenters. The highest BCUT2D eigenvalue weighted by Gasteiger charge is 2.27. The lowest BCUT2D eigenvalue weighted by Gasteiger charge is -2.35. The van der Waals surface area contributed by atoms with Crippen LogP contribution < -0.4 is 16.6 Å². The first-order chi connectivity index (χ1) is 9.63. The van der Waals surface area contributed by atoms with Gasteiger partial charge in [-0.05, 0) is 18.3 Å². The third kappa shape index (κ3) is 3.58. The molecule has 4 N–H and O–H groups in total. The average molecular weight is 279 g/mol. The van der Waals surface area contributed by atoms with Crippen molar-refractivity contribution in [3.8, 4) is 0 Å².